The average molecular weight is 339 g/mol. The molecule has 1 aliphatic carbocycles. The van der Waals surface area contributed by atoms with Crippen molar-refractivity contribution in [2.75, 3.05) is 7.11 Å². The number of H-pyrrole nitrogens is 1. The maximum atomic E-state index is 12.8. The van der Waals surface area contributed by atoms with Crippen LogP contribution in [0.15, 0.2) is 35.1 Å². The lowest BCUT2D eigenvalue weighted by Gasteiger charge is -2.26. The molecule has 0 fully saturated rings. The lowest BCUT2D eigenvalue weighted by atomic mass is 9.81. The second kappa shape index (κ2) is 8.37. The average Bonchev–Trinajstić information content (AvgIpc) is 2.62. The number of rotatable bonds is 7. The summed E-state index contributed by atoms with van der Waals surface area (Å²) in [6.07, 6.45) is 9.17. The van der Waals surface area contributed by atoms with Crippen LogP contribution in [0, 0.1) is 6.92 Å². The lowest BCUT2D eigenvalue weighted by Crippen LogP contribution is -2.24. The van der Waals surface area contributed by atoms with E-state index >= 15 is 0 Å². The van der Waals surface area contributed by atoms with Crippen LogP contribution < -0.4 is 10.2 Å². The zero-order valence-corrected chi connectivity index (χ0v) is 15.4. The van der Waals surface area contributed by atoms with Crippen molar-refractivity contribution in [1.29, 1.82) is 0 Å². The van der Waals surface area contributed by atoms with Crippen LogP contribution in [-0.4, -0.2) is 12.1 Å². The van der Waals surface area contributed by atoms with Gasteiger partial charge < -0.3 is 9.72 Å². The highest BCUT2D eigenvalue weighted by molar-refractivity contribution is 5.38. The first kappa shape index (κ1) is 17.8. The van der Waals surface area contributed by atoms with Crippen LogP contribution in [0.1, 0.15) is 67.0 Å². The van der Waals surface area contributed by atoms with E-state index in [4.69, 9.17) is 4.74 Å². The summed E-state index contributed by atoms with van der Waals surface area (Å²) in [4.78, 5) is 16.2. The molecular weight excluding hydrogens is 310 g/mol. The third-order valence-electron chi connectivity index (χ3n) is 5.41. The molecule has 0 bridgehead atoms. The van der Waals surface area contributed by atoms with Gasteiger partial charge in [0, 0.05) is 11.3 Å². The maximum Gasteiger partial charge on any atom is 0.227 e. The van der Waals surface area contributed by atoms with Crippen LogP contribution in [0.5, 0.6) is 5.75 Å². The van der Waals surface area contributed by atoms with E-state index in [0.29, 0.717) is 11.7 Å². The van der Waals surface area contributed by atoms with E-state index in [0.717, 1.165) is 42.6 Å². The third-order valence-corrected chi connectivity index (χ3v) is 5.41. The van der Waals surface area contributed by atoms with Crippen LogP contribution in [0.4, 0.5) is 0 Å². The van der Waals surface area contributed by atoms with Gasteiger partial charge in [0.15, 0.2) is 5.75 Å². The molecule has 0 saturated heterocycles. The highest BCUT2D eigenvalue weighted by Crippen LogP contribution is 2.34. The molecule has 1 aromatic carbocycles. The molecule has 1 aromatic heterocycles. The molecule has 0 radical (unpaired) electrons. The van der Waals surface area contributed by atoms with Crippen LogP contribution in [-0.2, 0) is 12.8 Å². The molecule has 0 amide bonds. The predicted molar refractivity (Wildman–Crippen MR) is 103 cm³/mol. The van der Waals surface area contributed by atoms with Crippen molar-refractivity contribution < 1.29 is 4.74 Å². The molecule has 0 aliphatic heterocycles. The summed E-state index contributed by atoms with van der Waals surface area (Å²) in [5.41, 5.74) is 4.53. The van der Waals surface area contributed by atoms with Gasteiger partial charge in [0.25, 0.3) is 0 Å². The van der Waals surface area contributed by atoms with Gasteiger partial charge in [0.1, 0.15) is 0 Å². The molecule has 0 unspecified atom stereocenters. The number of pyridine rings is 1. The molecule has 3 rings (SSSR count). The second-order valence-electron chi connectivity index (χ2n) is 7.18. The van der Waals surface area contributed by atoms with Crippen LogP contribution in [0.25, 0.3) is 0 Å². The summed E-state index contributed by atoms with van der Waals surface area (Å²) in [7, 11) is 1.59. The zero-order chi connectivity index (χ0) is 17.6. The number of aryl methyl sites for hydroxylation is 3. The highest BCUT2D eigenvalue weighted by Gasteiger charge is 2.26. The number of aromatic amines is 1. The SMILES string of the molecule is COc1c(C)[nH]c2c(c1=O)[C@@H](CCCCCc1ccccc1)CCC2. The normalized spacial score (nSPS) is 16.5. The third kappa shape index (κ3) is 4.15. The summed E-state index contributed by atoms with van der Waals surface area (Å²) in [6.45, 7) is 1.92. The van der Waals surface area contributed by atoms with Crippen molar-refractivity contribution in [3.05, 3.63) is 63.1 Å². The Hall–Kier alpha value is -2.03. The summed E-state index contributed by atoms with van der Waals surface area (Å²) in [5.74, 6) is 0.883. The number of fused-ring (bicyclic) bond motifs is 1. The van der Waals surface area contributed by atoms with Gasteiger partial charge in [-0.05, 0) is 56.9 Å². The van der Waals surface area contributed by atoms with Gasteiger partial charge in [-0.15, -0.1) is 0 Å². The number of unbranched alkanes of at least 4 members (excludes halogenated alkanes) is 2. The van der Waals surface area contributed by atoms with E-state index < -0.39 is 0 Å². The van der Waals surface area contributed by atoms with Gasteiger partial charge >= 0.3 is 0 Å². The van der Waals surface area contributed by atoms with Crippen molar-refractivity contribution in [3.63, 3.8) is 0 Å². The Morgan fingerprint density at radius 1 is 1.16 bits per heavy atom. The van der Waals surface area contributed by atoms with Gasteiger partial charge in [-0.25, -0.2) is 0 Å². The Balaban J connectivity index is 1.59. The fourth-order valence-corrected chi connectivity index (χ4v) is 4.15. The molecule has 1 N–H and O–H groups in total. The second-order valence-corrected chi connectivity index (χ2v) is 7.18. The van der Waals surface area contributed by atoms with Gasteiger partial charge in [-0.1, -0.05) is 43.2 Å². The number of hydrogen-bond acceptors (Lipinski definition) is 2. The van der Waals surface area contributed by atoms with Crippen molar-refractivity contribution in [1.82, 2.24) is 4.98 Å². The topological polar surface area (TPSA) is 42.1 Å². The Morgan fingerprint density at radius 2 is 1.96 bits per heavy atom. The minimum Gasteiger partial charge on any atom is -0.491 e. The summed E-state index contributed by atoms with van der Waals surface area (Å²) >= 11 is 0. The largest absolute Gasteiger partial charge is 0.491 e. The minimum absolute atomic E-state index is 0.114. The Kier molecular flexibility index (Phi) is 5.95. The van der Waals surface area contributed by atoms with E-state index in [9.17, 15) is 4.79 Å². The van der Waals surface area contributed by atoms with Crippen molar-refractivity contribution in [3.8, 4) is 5.75 Å². The molecule has 25 heavy (non-hydrogen) atoms. The fraction of sp³-hybridized carbons (Fsp3) is 0.500. The molecule has 0 saturated carbocycles. The van der Waals surface area contributed by atoms with E-state index in [2.05, 4.69) is 35.3 Å². The Bertz CT molecular complexity index is 749. The summed E-state index contributed by atoms with van der Waals surface area (Å²) < 4.78 is 5.34. The van der Waals surface area contributed by atoms with Crippen molar-refractivity contribution in [2.45, 2.75) is 64.2 Å². The first-order valence-electron chi connectivity index (χ1n) is 9.54. The smallest absolute Gasteiger partial charge is 0.227 e. The summed E-state index contributed by atoms with van der Waals surface area (Å²) in [6, 6.07) is 10.7. The van der Waals surface area contributed by atoms with Crippen molar-refractivity contribution >= 4 is 0 Å². The molecule has 1 aliphatic rings. The van der Waals surface area contributed by atoms with Crippen LogP contribution >= 0.6 is 0 Å². The molecule has 1 atom stereocenters. The van der Waals surface area contributed by atoms with Crippen LogP contribution in [0.2, 0.25) is 0 Å². The molecule has 1 heterocycles. The number of benzene rings is 1. The quantitative estimate of drug-likeness (QED) is 0.728. The molecule has 3 heteroatoms. The Labute approximate surface area is 150 Å². The van der Waals surface area contributed by atoms with E-state index in [1.54, 1.807) is 7.11 Å². The minimum atomic E-state index is 0.114. The zero-order valence-electron chi connectivity index (χ0n) is 15.4. The molecule has 0 spiro atoms. The molecule has 2 aromatic rings. The van der Waals surface area contributed by atoms with E-state index in [1.165, 1.54) is 31.2 Å². The fourth-order valence-electron chi connectivity index (χ4n) is 4.15. The molecule has 134 valence electrons. The van der Waals surface area contributed by atoms with Gasteiger partial charge in [0.2, 0.25) is 5.43 Å². The number of ether oxygens (including phenoxy) is 1. The standard InChI is InChI=1S/C22H29NO2/c1-16-22(25-2)21(24)20-18(14-9-15-19(20)23-16)13-8-4-7-12-17-10-5-3-6-11-17/h3,5-6,10-11,18H,4,7-9,12-15H2,1-2H3,(H,23,24)/t18-/m0/s1. The number of aromatic nitrogens is 1. The first-order valence-corrected chi connectivity index (χ1v) is 9.54. The number of hydrogen-bond donors (Lipinski definition) is 1. The first-order chi connectivity index (χ1) is 12.2. The molecular formula is C22H29NO2. The molecule has 3 nitrogen and oxygen atoms in total. The van der Waals surface area contributed by atoms with E-state index in [1.807, 2.05) is 6.92 Å². The monoisotopic (exact) mass is 339 g/mol. The number of methoxy groups -OCH3 is 1. The van der Waals surface area contributed by atoms with Crippen LogP contribution in [0.3, 0.4) is 0 Å². The number of nitrogens with one attached hydrogen (secondary N) is 1. The lowest BCUT2D eigenvalue weighted by molar-refractivity contribution is 0.398. The van der Waals surface area contributed by atoms with Gasteiger partial charge in [-0.3, -0.25) is 4.79 Å². The van der Waals surface area contributed by atoms with Crippen molar-refractivity contribution in [2.24, 2.45) is 0 Å². The highest BCUT2D eigenvalue weighted by atomic mass is 16.5. The summed E-state index contributed by atoms with van der Waals surface area (Å²) in [5, 5.41) is 0. The Morgan fingerprint density at radius 3 is 2.72 bits per heavy atom. The van der Waals surface area contributed by atoms with Gasteiger partial charge in [0.05, 0.1) is 12.8 Å². The van der Waals surface area contributed by atoms with Gasteiger partial charge in [-0.2, -0.15) is 0 Å². The predicted octanol–water partition coefficient (Wildman–Crippen LogP) is 4.91. The van der Waals surface area contributed by atoms with E-state index in [-0.39, 0.29) is 5.43 Å². The maximum absolute atomic E-state index is 12.8.